The fraction of sp³-hybridized carbons (Fsp3) is 0.235. The Balaban J connectivity index is 2.18. The van der Waals surface area contributed by atoms with Crippen LogP contribution < -0.4 is 4.74 Å². The number of aromatic hydroxyl groups is 3. The van der Waals surface area contributed by atoms with Crippen LogP contribution in [-0.2, 0) is 18.0 Å². The van der Waals surface area contributed by atoms with Crippen molar-refractivity contribution in [2.24, 2.45) is 0 Å². The molecule has 0 saturated carbocycles. The van der Waals surface area contributed by atoms with Crippen molar-refractivity contribution in [3.05, 3.63) is 39.9 Å². The SMILES string of the molecule is Cc1cc(O)c(CO)c(Oc2c(O)c(C)c3c(c2O)C(=O)OC3)c1. The maximum absolute atomic E-state index is 11.8. The number of rotatable bonds is 3. The third-order valence-corrected chi connectivity index (χ3v) is 4.03. The van der Waals surface area contributed by atoms with Gasteiger partial charge in [-0.3, -0.25) is 0 Å². The van der Waals surface area contributed by atoms with Gasteiger partial charge in [0.2, 0.25) is 5.75 Å². The van der Waals surface area contributed by atoms with Crippen LogP contribution in [0.25, 0.3) is 0 Å². The molecule has 0 amide bonds. The van der Waals surface area contributed by atoms with Crippen LogP contribution in [0, 0.1) is 13.8 Å². The Hall–Kier alpha value is -2.93. The maximum atomic E-state index is 11.8. The molecule has 1 aliphatic heterocycles. The van der Waals surface area contributed by atoms with Crippen LogP contribution in [0.5, 0.6) is 28.7 Å². The predicted molar refractivity (Wildman–Crippen MR) is 82.5 cm³/mol. The predicted octanol–water partition coefficient (Wildman–Crippen LogP) is 2.38. The molecule has 0 fully saturated rings. The lowest BCUT2D eigenvalue weighted by Crippen LogP contribution is -2.00. The Morgan fingerprint density at radius 1 is 1.17 bits per heavy atom. The van der Waals surface area contributed by atoms with Gasteiger partial charge >= 0.3 is 5.97 Å². The van der Waals surface area contributed by atoms with Gasteiger partial charge in [-0.25, -0.2) is 4.79 Å². The van der Waals surface area contributed by atoms with Gasteiger partial charge in [-0.2, -0.15) is 0 Å². The van der Waals surface area contributed by atoms with Crippen molar-refractivity contribution < 1.29 is 34.7 Å². The molecule has 0 spiro atoms. The van der Waals surface area contributed by atoms with Gasteiger partial charge in [-0.05, 0) is 31.5 Å². The largest absolute Gasteiger partial charge is 0.507 e. The highest BCUT2D eigenvalue weighted by Gasteiger charge is 2.33. The van der Waals surface area contributed by atoms with Crippen molar-refractivity contribution in [3.8, 4) is 28.7 Å². The second kappa shape index (κ2) is 5.61. The van der Waals surface area contributed by atoms with Gasteiger partial charge in [-0.1, -0.05) is 0 Å². The summed E-state index contributed by atoms with van der Waals surface area (Å²) in [6, 6.07) is 2.98. The highest BCUT2D eigenvalue weighted by atomic mass is 16.5. The molecule has 0 radical (unpaired) electrons. The van der Waals surface area contributed by atoms with E-state index >= 15 is 0 Å². The number of ether oxygens (including phenoxy) is 2. The molecule has 1 aliphatic rings. The molecule has 126 valence electrons. The summed E-state index contributed by atoms with van der Waals surface area (Å²) >= 11 is 0. The number of aliphatic hydroxyl groups excluding tert-OH is 1. The van der Waals surface area contributed by atoms with E-state index in [-0.39, 0.29) is 40.7 Å². The molecule has 0 atom stereocenters. The molecule has 7 heteroatoms. The first-order valence-corrected chi connectivity index (χ1v) is 7.20. The zero-order valence-electron chi connectivity index (χ0n) is 13.1. The van der Waals surface area contributed by atoms with Crippen molar-refractivity contribution in [3.63, 3.8) is 0 Å². The zero-order chi connectivity index (χ0) is 17.6. The van der Waals surface area contributed by atoms with Gasteiger partial charge < -0.3 is 29.9 Å². The zero-order valence-corrected chi connectivity index (χ0v) is 13.1. The molecule has 2 aromatic rings. The fourth-order valence-corrected chi connectivity index (χ4v) is 2.70. The lowest BCUT2D eigenvalue weighted by Gasteiger charge is -2.16. The maximum Gasteiger partial charge on any atom is 0.342 e. The van der Waals surface area contributed by atoms with Crippen LogP contribution in [0.15, 0.2) is 12.1 Å². The van der Waals surface area contributed by atoms with Gasteiger partial charge in [-0.15, -0.1) is 0 Å². The molecule has 2 aromatic carbocycles. The summed E-state index contributed by atoms with van der Waals surface area (Å²) in [5, 5.41) is 40.0. The molecule has 0 saturated heterocycles. The first-order valence-electron chi connectivity index (χ1n) is 7.20. The van der Waals surface area contributed by atoms with Gasteiger partial charge in [0.1, 0.15) is 23.7 Å². The minimum atomic E-state index is -0.704. The molecule has 0 aliphatic carbocycles. The number of aliphatic hydroxyl groups is 1. The summed E-state index contributed by atoms with van der Waals surface area (Å²) < 4.78 is 10.4. The van der Waals surface area contributed by atoms with E-state index in [9.17, 15) is 25.2 Å². The summed E-state index contributed by atoms with van der Waals surface area (Å²) in [6.45, 7) is 2.74. The van der Waals surface area contributed by atoms with Crippen molar-refractivity contribution in [1.82, 2.24) is 0 Å². The third-order valence-electron chi connectivity index (χ3n) is 4.03. The van der Waals surface area contributed by atoms with Gasteiger partial charge in [0.15, 0.2) is 11.5 Å². The van der Waals surface area contributed by atoms with Crippen LogP contribution in [-0.4, -0.2) is 26.4 Å². The molecular formula is C17H16O7. The molecule has 24 heavy (non-hydrogen) atoms. The molecule has 4 N–H and O–H groups in total. The average Bonchev–Trinajstić information content (AvgIpc) is 2.91. The Morgan fingerprint density at radius 2 is 1.88 bits per heavy atom. The second-order valence-electron chi connectivity index (χ2n) is 5.60. The molecular weight excluding hydrogens is 316 g/mol. The van der Waals surface area contributed by atoms with Crippen LogP contribution in [0.4, 0.5) is 0 Å². The average molecular weight is 332 g/mol. The van der Waals surface area contributed by atoms with E-state index in [0.29, 0.717) is 16.7 Å². The van der Waals surface area contributed by atoms with Crippen molar-refractivity contribution >= 4 is 5.97 Å². The van der Waals surface area contributed by atoms with Crippen molar-refractivity contribution in [1.29, 1.82) is 0 Å². The minimum Gasteiger partial charge on any atom is -0.507 e. The lowest BCUT2D eigenvalue weighted by atomic mass is 10.0. The first-order chi connectivity index (χ1) is 11.3. The number of benzene rings is 2. The smallest absolute Gasteiger partial charge is 0.342 e. The number of cyclic esters (lactones) is 1. The van der Waals surface area contributed by atoms with E-state index in [1.165, 1.54) is 12.1 Å². The Labute approximate surface area is 137 Å². The normalized spacial score (nSPS) is 12.9. The van der Waals surface area contributed by atoms with E-state index < -0.39 is 18.3 Å². The number of fused-ring (bicyclic) bond motifs is 1. The molecule has 3 rings (SSSR count). The highest BCUT2D eigenvalue weighted by Crippen LogP contribution is 2.49. The quantitative estimate of drug-likeness (QED) is 0.638. The summed E-state index contributed by atoms with van der Waals surface area (Å²) in [5.41, 5.74) is 1.45. The van der Waals surface area contributed by atoms with Crippen LogP contribution in [0.3, 0.4) is 0 Å². The number of aryl methyl sites for hydroxylation is 1. The van der Waals surface area contributed by atoms with Crippen LogP contribution >= 0.6 is 0 Å². The number of phenols is 3. The van der Waals surface area contributed by atoms with Crippen molar-refractivity contribution in [2.45, 2.75) is 27.1 Å². The van der Waals surface area contributed by atoms with Crippen molar-refractivity contribution in [2.75, 3.05) is 0 Å². The van der Waals surface area contributed by atoms with Gasteiger partial charge in [0.25, 0.3) is 0 Å². The fourth-order valence-electron chi connectivity index (χ4n) is 2.70. The van der Waals surface area contributed by atoms with E-state index in [1.807, 2.05) is 0 Å². The number of esters is 1. The summed E-state index contributed by atoms with van der Waals surface area (Å²) in [6.07, 6.45) is 0. The summed E-state index contributed by atoms with van der Waals surface area (Å²) in [4.78, 5) is 11.8. The third kappa shape index (κ3) is 2.30. The van der Waals surface area contributed by atoms with E-state index in [1.54, 1.807) is 13.8 Å². The Morgan fingerprint density at radius 3 is 2.54 bits per heavy atom. The Bertz CT molecular complexity index is 855. The molecule has 1 heterocycles. The summed E-state index contributed by atoms with van der Waals surface area (Å²) in [7, 11) is 0. The first kappa shape index (κ1) is 15.9. The monoisotopic (exact) mass is 332 g/mol. The number of hydrogen-bond donors (Lipinski definition) is 4. The number of carbonyl (C=O) groups excluding carboxylic acids is 1. The van der Waals surface area contributed by atoms with E-state index in [4.69, 9.17) is 9.47 Å². The Kier molecular flexibility index (Phi) is 3.73. The van der Waals surface area contributed by atoms with Crippen LogP contribution in [0.1, 0.15) is 32.6 Å². The molecule has 0 unspecified atom stereocenters. The topological polar surface area (TPSA) is 116 Å². The lowest BCUT2D eigenvalue weighted by molar-refractivity contribution is 0.0532. The van der Waals surface area contributed by atoms with E-state index in [2.05, 4.69) is 0 Å². The van der Waals surface area contributed by atoms with Gasteiger partial charge in [0.05, 0.1) is 12.2 Å². The summed E-state index contributed by atoms with van der Waals surface area (Å²) in [5.74, 6) is -2.03. The number of phenolic OH excluding ortho intramolecular Hbond substituents is 2. The van der Waals surface area contributed by atoms with Crippen LogP contribution in [0.2, 0.25) is 0 Å². The molecule has 0 aromatic heterocycles. The van der Waals surface area contributed by atoms with E-state index in [0.717, 1.165) is 0 Å². The molecule has 7 nitrogen and oxygen atoms in total. The molecule has 0 bridgehead atoms. The second-order valence-corrected chi connectivity index (χ2v) is 5.60. The highest BCUT2D eigenvalue weighted by molar-refractivity contribution is 5.98. The minimum absolute atomic E-state index is 0.0332. The van der Waals surface area contributed by atoms with Gasteiger partial charge in [0, 0.05) is 11.1 Å². The standard InChI is InChI=1S/C17H16O7/c1-7-3-11(19)9(5-18)12(4-7)24-16-14(20)8(2)10-6-23-17(22)13(10)15(16)21/h3-4,18-21H,5-6H2,1-2H3. The number of carbonyl (C=O) groups is 1. The number of hydrogen-bond acceptors (Lipinski definition) is 7.